The summed E-state index contributed by atoms with van der Waals surface area (Å²) >= 11 is 0. The van der Waals surface area contributed by atoms with E-state index in [9.17, 15) is 0 Å². The molecule has 80 valence electrons. The lowest BCUT2D eigenvalue weighted by Crippen LogP contribution is -2.06. The van der Waals surface area contributed by atoms with E-state index in [-0.39, 0.29) is 6.10 Å². The van der Waals surface area contributed by atoms with Crippen LogP contribution >= 0.6 is 0 Å². The fourth-order valence-corrected chi connectivity index (χ4v) is 1.29. The van der Waals surface area contributed by atoms with E-state index in [1.165, 1.54) is 6.21 Å². The number of aryl methyl sites for hydroxylation is 1. The van der Waals surface area contributed by atoms with E-state index >= 15 is 0 Å². The predicted octanol–water partition coefficient (Wildman–Crippen LogP) is 2.67. The van der Waals surface area contributed by atoms with Crippen LogP contribution in [0.5, 0.6) is 0 Å². The number of ether oxygens (including phenoxy) is 1. The van der Waals surface area contributed by atoms with Crippen LogP contribution in [0.3, 0.4) is 0 Å². The first-order valence-corrected chi connectivity index (χ1v) is 4.92. The van der Waals surface area contributed by atoms with Crippen molar-refractivity contribution in [1.29, 1.82) is 5.41 Å². The van der Waals surface area contributed by atoms with Gasteiger partial charge in [0, 0.05) is 18.1 Å². The van der Waals surface area contributed by atoms with Gasteiger partial charge in [0.25, 0.3) is 0 Å². The zero-order valence-corrected chi connectivity index (χ0v) is 8.94. The molecule has 0 aliphatic heterocycles. The molecule has 1 heterocycles. The van der Waals surface area contributed by atoms with Crippen molar-refractivity contribution >= 4 is 6.21 Å². The quantitative estimate of drug-likeness (QED) is 0.572. The van der Waals surface area contributed by atoms with Crippen LogP contribution in [-0.4, -0.2) is 17.8 Å². The lowest BCUT2D eigenvalue weighted by Gasteiger charge is -2.15. The van der Waals surface area contributed by atoms with Crippen LogP contribution in [0.25, 0.3) is 0 Å². The summed E-state index contributed by atoms with van der Waals surface area (Å²) in [6.07, 6.45) is 5.57. The Morgan fingerprint density at radius 1 is 1.60 bits per heavy atom. The number of aromatic nitrogens is 1. The third kappa shape index (κ3) is 3.64. The Morgan fingerprint density at radius 2 is 2.40 bits per heavy atom. The van der Waals surface area contributed by atoms with Crippen molar-refractivity contribution in [2.24, 2.45) is 0 Å². The van der Waals surface area contributed by atoms with Gasteiger partial charge in [-0.05, 0) is 25.0 Å². The van der Waals surface area contributed by atoms with Crippen molar-refractivity contribution in [2.75, 3.05) is 6.61 Å². The van der Waals surface area contributed by atoms with E-state index in [0.717, 1.165) is 17.7 Å². The molecule has 0 spiro atoms. The molecular weight excluding hydrogens is 188 g/mol. The molecule has 1 unspecified atom stereocenters. The Kier molecular flexibility index (Phi) is 4.71. The van der Waals surface area contributed by atoms with Gasteiger partial charge in [-0.2, -0.15) is 0 Å². The first-order chi connectivity index (χ1) is 7.27. The van der Waals surface area contributed by atoms with Crippen LogP contribution in [-0.2, 0) is 4.74 Å². The summed E-state index contributed by atoms with van der Waals surface area (Å²) in [5.74, 6) is 0. The minimum Gasteiger partial charge on any atom is -0.368 e. The molecule has 0 saturated heterocycles. The number of hydrogen-bond donors (Lipinski definition) is 1. The first kappa shape index (κ1) is 11.6. The SMILES string of the molecule is C=CCC(OCC=N)c1ccc(C)nc1. The van der Waals surface area contributed by atoms with Crippen molar-refractivity contribution in [1.82, 2.24) is 4.98 Å². The van der Waals surface area contributed by atoms with E-state index in [4.69, 9.17) is 10.1 Å². The standard InChI is InChI=1S/C12H16N2O/c1-3-4-12(15-8-7-13)11-6-5-10(2)14-9-11/h3,5-7,9,12-13H,1,4,8H2,2H3. The van der Waals surface area contributed by atoms with Gasteiger partial charge in [0.15, 0.2) is 0 Å². The third-order valence-corrected chi connectivity index (χ3v) is 2.07. The highest BCUT2D eigenvalue weighted by Gasteiger charge is 2.09. The maximum absolute atomic E-state index is 6.93. The smallest absolute Gasteiger partial charge is 0.0879 e. The number of nitrogens with one attached hydrogen (secondary N) is 1. The van der Waals surface area contributed by atoms with Gasteiger partial charge < -0.3 is 10.1 Å². The van der Waals surface area contributed by atoms with Crippen LogP contribution in [0.4, 0.5) is 0 Å². The summed E-state index contributed by atoms with van der Waals surface area (Å²) < 4.78 is 5.50. The number of rotatable bonds is 6. The molecule has 0 amide bonds. The maximum Gasteiger partial charge on any atom is 0.0879 e. The van der Waals surface area contributed by atoms with Crippen molar-refractivity contribution in [2.45, 2.75) is 19.4 Å². The highest BCUT2D eigenvalue weighted by atomic mass is 16.5. The fraction of sp³-hybridized carbons (Fsp3) is 0.333. The van der Waals surface area contributed by atoms with E-state index in [1.54, 1.807) is 0 Å². The Hall–Kier alpha value is -1.48. The summed E-state index contributed by atoms with van der Waals surface area (Å²) in [5.41, 5.74) is 2.02. The molecular formula is C12H16N2O. The van der Waals surface area contributed by atoms with Gasteiger partial charge in [0.05, 0.1) is 12.7 Å². The number of pyridine rings is 1. The van der Waals surface area contributed by atoms with Crippen molar-refractivity contribution in [3.63, 3.8) is 0 Å². The van der Waals surface area contributed by atoms with E-state index in [2.05, 4.69) is 11.6 Å². The van der Waals surface area contributed by atoms with Crippen molar-refractivity contribution < 1.29 is 4.74 Å². The summed E-state index contributed by atoms with van der Waals surface area (Å²) in [6, 6.07) is 3.96. The lowest BCUT2D eigenvalue weighted by atomic mass is 10.1. The van der Waals surface area contributed by atoms with Crippen LogP contribution in [0.2, 0.25) is 0 Å². The minimum absolute atomic E-state index is 0.0443. The molecule has 1 aromatic rings. The highest BCUT2D eigenvalue weighted by Crippen LogP contribution is 2.20. The van der Waals surface area contributed by atoms with Gasteiger partial charge in [0.1, 0.15) is 0 Å². The van der Waals surface area contributed by atoms with Crippen molar-refractivity contribution in [3.8, 4) is 0 Å². The summed E-state index contributed by atoms with van der Waals surface area (Å²) in [4.78, 5) is 4.22. The van der Waals surface area contributed by atoms with Gasteiger partial charge in [0.2, 0.25) is 0 Å². The van der Waals surface area contributed by atoms with Gasteiger partial charge in [-0.25, -0.2) is 0 Å². The molecule has 0 fully saturated rings. The second-order valence-electron chi connectivity index (χ2n) is 3.28. The lowest BCUT2D eigenvalue weighted by molar-refractivity contribution is 0.0854. The topological polar surface area (TPSA) is 46.0 Å². The van der Waals surface area contributed by atoms with Gasteiger partial charge in [-0.3, -0.25) is 4.98 Å². The molecule has 3 nitrogen and oxygen atoms in total. The predicted molar refractivity (Wildman–Crippen MR) is 61.3 cm³/mol. The molecule has 0 aliphatic rings. The summed E-state index contributed by atoms with van der Waals surface area (Å²) in [5, 5.41) is 6.93. The Bertz CT molecular complexity index is 319. The Labute approximate surface area is 90.3 Å². The Balaban J connectivity index is 2.73. The van der Waals surface area contributed by atoms with Gasteiger partial charge in [-0.1, -0.05) is 12.1 Å². The van der Waals surface area contributed by atoms with E-state index in [1.807, 2.05) is 31.3 Å². The fourth-order valence-electron chi connectivity index (χ4n) is 1.29. The first-order valence-electron chi connectivity index (χ1n) is 4.92. The molecule has 1 N–H and O–H groups in total. The molecule has 0 saturated carbocycles. The average Bonchev–Trinajstić information content (AvgIpc) is 2.25. The average molecular weight is 204 g/mol. The van der Waals surface area contributed by atoms with Gasteiger partial charge in [-0.15, -0.1) is 6.58 Å². The van der Waals surface area contributed by atoms with E-state index < -0.39 is 0 Å². The van der Waals surface area contributed by atoms with Crippen LogP contribution in [0.15, 0.2) is 31.0 Å². The van der Waals surface area contributed by atoms with Crippen molar-refractivity contribution in [3.05, 3.63) is 42.2 Å². The molecule has 3 heteroatoms. The number of nitrogens with zero attached hydrogens (tertiary/aromatic N) is 1. The second kappa shape index (κ2) is 6.09. The van der Waals surface area contributed by atoms with Crippen LogP contribution in [0.1, 0.15) is 23.8 Å². The highest BCUT2D eigenvalue weighted by molar-refractivity contribution is 5.54. The molecule has 15 heavy (non-hydrogen) atoms. The maximum atomic E-state index is 6.93. The van der Waals surface area contributed by atoms with Crippen LogP contribution < -0.4 is 0 Å². The molecule has 0 radical (unpaired) electrons. The molecule has 0 aliphatic carbocycles. The summed E-state index contributed by atoms with van der Waals surface area (Å²) in [6.45, 7) is 5.97. The second-order valence-corrected chi connectivity index (χ2v) is 3.28. The molecule has 1 atom stereocenters. The third-order valence-electron chi connectivity index (χ3n) is 2.07. The summed E-state index contributed by atoms with van der Waals surface area (Å²) in [7, 11) is 0. The molecule has 0 aromatic carbocycles. The zero-order chi connectivity index (χ0) is 11.1. The van der Waals surface area contributed by atoms with Crippen LogP contribution in [0, 0.1) is 12.3 Å². The minimum atomic E-state index is -0.0443. The van der Waals surface area contributed by atoms with Gasteiger partial charge >= 0.3 is 0 Å². The van der Waals surface area contributed by atoms with E-state index in [0.29, 0.717) is 6.61 Å². The monoisotopic (exact) mass is 204 g/mol. The largest absolute Gasteiger partial charge is 0.368 e. The normalized spacial score (nSPS) is 12.1. The zero-order valence-electron chi connectivity index (χ0n) is 8.94. The molecule has 0 bridgehead atoms. The molecule has 1 aromatic heterocycles. The Morgan fingerprint density at radius 3 is 2.93 bits per heavy atom. The number of hydrogen-bond acceptors (Lipinski definition) is 3. The molecule has 1 rings (SSSR count).